The summed E-state index contributed by atoms with van der Waals surface area (Å²) in [6.07, 6.45) is 2.61. The Morgan fingerprint density at radius 1 is 1.22 bits per heavy atom. The molecule has 0 saturated carbocycles. The highest BCUT2D eigenvalue weighted by Gasteiger charge is 2.20. The summed E-state index contributed by atoms with van der Waals surface area (Å²) in [6.45, 7) is 7.96. The molecule has 100 valence electrons. The van der Waals surface area contributed by atoms with E-state index in [1.165, 1.54) is 42.6 Å². The van der Waals surface area contributed by atoms with Gasteiger partial charge in [0, 0.05) is 12.6 Å². The van der Waals surface area contributed by atoms with Crippen LogP contribution in [0.15, 0.2) is 18.2 Å². The van der Waals surface area contributed by atoms with Gasteiger partial charge in [0.05, 0.1) is 0 Å². The lowest BCUT2D eigenvalue weighted by Gasteiger charge is -2.35. The first kappa shape index (κ1) is 13.6. The normalized spacial score (nSPS) is 18.5. The highest BCUT2D eigenvalue weighted by molar-refractivity contribution is 5.30. The Kier molecular flexibility index (Phi) is 4.41. The van der Waals surface area contributed by atoms with Crippen molar-refractivity contribution < 1.29 is 0 Å². The molecule has 1 heterocycles. The smallest absolute Gasteiger partial charge is 0.0236 e. The number of likely N-dealkylation sites (tertiary alicyclic amines) is 1. The van der Waals surface area contributed by atoms with E-state index in [1.54, 1.807) is 0 Å². The molecule has 1 saturated heterocycles. The molecule has 0 N–H and O–H groups in total. The van der Waals surface area contributed by atoms with Crippen molar-refractivity contribution in [3.8, 4) is 0 Å². The van der Waals surface area contributed by atoms with Crippen LogP contribution in [0.3, 0.4) is 0 Å². The molecule has 1 aliphatic heterocycles. The largest absolute Gasteiger partial charge is 0.306 e. The van der Waals surface area contributed by atoms with Gasteiger partial charge in [-0.15, -0.1) is 0 Å². The second kappa shape index (κ2) is 5.85. The number of piperidine rings is 1. The van der Waals surface area contributed by atoms with Gasteiger partial charge < -0.3 is 4.90 Å². The van der Waals surface area contributed by atoms with Gasteiger partial charge in [-0.1, -0.05) is 23.8 Å². The standard InChI is InChI=1S/C16H26N2/c1-13-5-6-14(2)15(11-13)12-18(4)16-7-9-17(3)10-8-16/h5-6,11,16H,7-10,12H2,1-4H3. The van der Waals surface area contributed by atoms with Crippen LogP contribution in [-0.4, -0.2) is 43.0 Å². The van der Waals surface area contributed by atoms with Gasteiger partial charge in [0.2, 0.25) is 0 Å². The number of aryl methyl sites for hydroxylation is 2. The Labute approximate surface area is 112 Å². The minimum atomic E-state index is 0.751. The first-order chi connectivity index (χ1) is 8.56. The molecular formula is C16H26N2. The van der Waals surface area contributed by atoms with Gasteiger partial charge in [0.15, 0.2) is 0 Å². The van der Waals surface area contributed by atoms with Crippen LogP contribution in [0.1, 0.15) is 29.5 Å². The highest BCUT2D eigenvalue weighted by Crippen LogP contribution is 2.18. The second-order valence-corrected chi connectivity index (χ2v) is 5.88. The van der Waals surface area contributed by atoms with E-state index in [0.717, 1.165) is 12.6 Å². The summed E-state index contributed by atoms with van der Waals surface area (Å²) in [7, 11) is 4.50. The Morgan fingerprint density at radius 3 is 2.56 bits per heavy atom. The van der Waals surface area contributed by atoms with Crippen molar-refractivity contribution in [3.63, 3.8) is 0 Å². The molecule has 0 aromatic heterocycles. The zero-order valence-corrected chi connectivity index (χ0v) is 12.2. The van der Waals surface area contributed by atoms with Gasteiger partial charge in [0.1, 0.15) is 0 Å². The summed E-state index contributed by atoms with van der Waals surface area (Å²) in [6, 6.07) is 7.53. The lowest BCUT2D eigenvalue weighted by molar-refractivity contribution is 0.139. The molecule has 18 heavy (non-hydrogen) atoms. The maximum Gasteiger partial charge on any atom is 0.0236 e. The highest BCUT2D eigenvalue weighted by atomic mass is 15.2. The minimum Gasteiger partial charge on any atom is -0.306 e. The zero-order chi connectivity index (χ0) is 13.1. The summed E-state index contributed by atoms with van der Waals surface area (Å²) < 4.78 is 0. The van der Waals surface area contributed by atoms with E-state index in [-0.39, 0.29) is 0 Å². The quantitative estimate of drug-likeness (QED) is 0.809. The lowest BCUT2D eigenvalue weighted by atomic mass is 10.0. The molecule has 0 unspecified atom stereocenters. The number of hydrogen-bond donors (Lipinski definition) is 0. The zero-order valence-electron chi connectivity index (χ0n) is 12.2. The molecular weight excluding hydrogens is 220 g/mol. The van der Waals surface area contributed by atoms with Gasteiger partial charge in [-0.2, -0.15) is 0 Å². The minimum absolute atomic E-state index is 0.751. The first-order valence-corrected chi connectivity index (χ1v) is 7.01. The van der Waals surface area contributed by atoms with Crippen molar-refractivity contribution in [1.29, 1.82) is 0 Å². The molecule has 0 atom stereocenters. The molecule has 0 bridgehead atoms. The molecule has 2 heteroatoms. The van der Waals surface area contributed by atoms with Crippen LogP contribution in [0.2, 0.25) is 0 Å². The Bertz CT molecular complexity index is 392. The molecule has 0 amide bonds. The third-order valence-electron chi connectivity index (χ3n) is 4.24. The van der Waals surface area contributed by atoms with Crippen molar-refractivity contribution in [2.75, 3.05) is 27.2 Å². The monoisotopic (exact) mass is 246 g/mol. The summed E-state index contributed by atoms with van der Waals surface area (Å²) in [5.41, 5.74) is 4.27. The van der Waals surface area contributed by atoms with Gasteiger partial charge >= 0.3 is 0 Å². The number of benzene rings is 1. The van der Waals surface area contributed by atoms with Gasteiger partial charge in [0.25, 0.3) is 0 Å². The molecule has 0 radical (unpaired) electrons. The van der Waals surface area contributed by atoms with Crippen LogP contribution in [0.4, 0.5) is 0 Å². The van der Waals surface area contributed by atoms with Crippen LogP contribution in [0, 0.1) is 13.8 Å². The van der Waals surface area contributed by atoms with Crippen LogP contribution < -0.4 is 0 Å². The molecule has 1 aromatic rings. The summed E-state index contributed by atoms with van der Waals surface area (Å²) >= 11 is 0. The summed E-state index contributed by atoms with van der Waals surface area (Å²) in [4.78, 5) is 4.97. The summed E-state index contributed by atoms with van der Waals surface area (Å²) in [5, 5.41) is 0. The van der Waals surface area contributed by atoms with Crippen molar-refractivity contribution >= 4 is 0 Å². The molecule has 1 fully saturated rings. The molecule has 2 rings (SSSR count). The van der Waals surface area contributed by atoms with E-state index in [4.69, 9.17) is 0 Å². The molecule has 0 spiro atoms. The number of nitrogens with zero attached hydrogens (tertiary/aromatic N) is 2. The maximum atomic E-state index is 2.54. The van der Waals surface area contributed by atoms with Crippen molar-refractivity contribution in [2.45, 2.75) is 39.3 Å². The van der Waals surface area contributed by atoms with Gasteiger partial charge in [-0.3, -0.25) is 4.90 Å². The van der Waals surface area contributed by atoms with E-state index in [9.17, 15) is 0 Å². The molecule has 1 aromatic carbocycles. The Balaban J connectivity index is 1.98. The summed E-state index contributed by atoms with van der Waals surface area (Å²) in [5.74, 6) is 0. The van der Waals surface area contributed by atoms with Crippen molar-refractivity contribution in [1.82, 2.24) is 9.80 Å². The topological polar surface area (TPSA) is 6.48 Å². The van der Waals surface area contributed by atoms with E-state index in [2.05, 4.69) is 55.9 Å². The van der Waals surface area contributed by atoms with Crippen molar-refractivity contribution in [3.05, 3.63) is 34.9 Å². The molecule has 1 aliphatic rings. The van der Waals surface area contributed by atoms with Gasteiger partial charge in [-0.25, -0.2) is 0 Å². The fourth-order valence-corrected chi connectivity index (χ4v) is 2.80. The second-order valence-electron chi connectivity index (χ2n) is 5.88. The van der Waals surface area contributed by atoms with Gasteiger partial charge in [-0.05, 0) is 65.0 Å². The van der Waals surface area contributed by atoms with Crippen LogP contribution in [0.5, 0.6) is 0 Å². The maximum absolute atomic E-state index is 2.54. The van der Waals surface area contributed by atoms with E-state index in [0.29, 0.717) is 0 Å². The van der Waals surface area contributed by atoms with Crippen LogP contribution in [-0.2, 0) is 6.54 Å². The predicted molar refractivity (Wildman–Crippen MR) is 77.9 cm³/mol. The average molecular weight is 246 g/mol. The third kappa shape index (κ3) is 3.33. The van der Waals surface area contributed by atoms with E-state index in [1.807, 2.05) is 0 Å². The number of rotatable bonds is 3. The predicted octanol–water partition coefficient (Wildman–Crippen LogP) is 2.83. The fraction of sp³-hybridized carbons (Fsp3) is 0.625. The first-order valence-electron chi connectivity index (χ1n) is 7.01. The van der Waals surface area contributed by atoms with Crippen LogP contribution in [0.25, 0.3) is 0 Å². The van der Waals surface area contributed by atoms with E-state index >= 15 is 0 Å². The Hall–Kier alpha value is -0.860. The number of hydrogen-bond acceptors (Lipinski definition) is 2. The van der Waals surface area contributed by atoms with Crippen LogP contribution >= 0.6 is 0 Å². The van der Waals surface area contributed by atoms with Crippen molar-refractivity contribution in [2.24, 2.45) is 0 Å². The third-order valence-corrected chi connectivity index (χ3v) is 4.24. The Morgan fingerprint density at radius 2 is 1.89 bits per heavy atom. The molecule has 2 nitrogen and oxygen atoms in total. The fourth-order valence-electron chi connectivity index (χ4n) is 2.80. The average Bonchev–Trinajstić information content (AvgIpc) is 2.34. The lowest BCUT2D eigenvalue weighted by Crippen LogP contribution is -2.41. The van der Waals surface area contributed by atoms with E-state index < -0.39 is 0 Å². The SMILES string of the molecule is Cc1ccc(C)c(CN(C)C2CCN(C)CC2)c1. The molecule has 0 aliphatic carbocycles.